The third kappa shape index (κ3) is 4.08. The van der Waals surface area contributed by atoms with Crippen molar-refractivity contribution in [2.75, 3.05) is 18.6 Å². The van der Waals surface area contributed by atoms with Gasteiger partial charge >= 0.3 is 0 Å². The molecule has 0 aliphatic heterocycles. The molecule has 3 rings (SSSR count). The Morgan fingerprint density at radius 2 is 1.81 bits per heavy atom. The largest absolute Gasteiger partial charge is 0.497 e. The van der Waals surface area contributed by atoms with E-state index in [0.29, 0.717) is 31.2 Å². The lowest BCUT2D eigenvalue weighted by atomic mass is 10.2. The SMILES string of the molecule is CCN(C(=O)CCc1nnc(-c2ccc(OC)cc2)o1)c1ccccc1. The van der Waals surface area contributed by atoms with Gasteiger partial charge in [-0.2, -0.15) is 0 Å². The summed E-state index contributed by atoms with van der Waals surface area (Å²) in [5.41, 5.74) is 1.71. The number of aryl methyl sites for hydroxylation is 1. The summed E-state index contributed by atoms with van der Waals surface area (Å²) in [5, 5.41) is 8.11. The summed E-state index contributed by atoms with van der Waals surface area (Å²) in [4.78, 5) is 14.3. The smallest absolute Gasteiger partial charge is 0.247 e. The van der Waals surface area contributed by atoms with Crippen LogP contribution in [0.5, 0.6) is 5.75 Å². The molecule has 0 radical (unpaired) electrons. The Labute approximate surface area is 152 Å². The summed E-state index contributed by atoms with van der Waals surface area (Å²) in [7, 11) is 1.62. The van der Waals surface area contributed by atoms with Crippen LogP contribution in [-0.4, -0.2) is 29.8 Å². The molecule has 0 saturated heterocycles. The standard InChI is InChI=1S/C20H21N3O3/c1-3-23(16-7-5-4-6-8-16)19(24)14-13-18-21-22-20(26-18)15-9-11-17(25-2)12-10-15/h4-12H,3,13-14H2,1-2H3. The van der Waals surface area contributed by atoms with E-state index in [0.717, 1.165) is 17.0 Å². The van der Waals surface area contributed by atoms with E-state index in [9.17, 15) is 4.79 Å². The maximum Gasteiger partial charge on any atom is 0.247 e. The molecule has 26 heavy (non-hydrogen) atoms. The van der Waals surface area contributed by atoms with E-state index >= 15 is 0 Å². The highest BCUT2D eigenvalue weighted by Crippen LogP contribution is 2.22. The molecular weight excluding hydrogens is 330 g/mol. The van der Waals surface area contributed by atoms with Crippen molar-refractivity contribution in [3.8, 4) is 17.2 Å². The van der Waals surface area contributed by atoms with E-state index in [1.54, 1.807) is 12.0 Å². The van der Waals surface area contributed by atoms with Gasteiger partial charge in [-0.05, 0) is 43.3 Å². The zero-order chi connectivity index (χ0) is 18.4. The van der Waals surface area contributed by atoms with Crippen LogP contribution in [0.4, 0.5) is 5.69 Å². The molecule has 3 aromatic rings. The quantitative estimate of drug-likeness (QED) is 0.649. The number of carbonyl (C=O) groups is 1. The van der Waals surface area contributed by atoms with Crippen molar-refractivity contribution >= 4 is 11.6 Å². The minimum absolute atomic E-state index is 0.0305. The lowest BCUT2D eigenvalue weighted by Crippen LogP contribution is -2.30. The number of para-hydroxylation sites is 1. The molecule has 0 bridgehead atoms. The highest BCUT2D eigenvalue weighted by Gasteiger charge is 2.16. The van der Waals surface area contributed by atoms with Gasteiger partial charge in [-0.1, -0.05) is 18.2 Å². The van der Waals surface area contributed by atoms with Crippen LogP contribution in [0, 0.1) is 0 Å². The van der Waals surface area contributed by atoms with Gasteiger partial charge in [0.05, 0.1) is 7.11 Å². The van der Waals surface area contributed by atoms with E-state index in [2.05, 4.69) is 10.2 Å². The van der Waals surface area contributed by atoms with Crippen LogP contribution in [0.3, 0.4) is 0 Å². The van der Waals surface area contributed by atoms with Crippen molar-refractivity contribution in [1.82, 2.24) is 10.2 Å². The molecule has 0 aliphatic carbocycles. The number of hydrogen-bond donors (Lipinski definition) is 0. The first-order valence-electron chi connectivity index (χ1n) is 8.53. The minimum Gasteiger partial charge on any atom is -0.497 e. The first-order valence-corrected chi connectivity index (χ1v) is 8.53. The molecular formula is C20H21N3O3. The second kappa shape index (κ2) is 8.29. The van der Waals surface area contributed by atoms with E-state index in [-0.39, 0.29) is 5.91 Å². The Kier molecular flexibility index (Phi) is 5.63. The summed E-state index contributed by atoms with van der Waals surface area (Å²) in [6.45, 7) is 2.57. The molecule has 134 valence electrons. The Morgan fingerprint density at radius 1 is 1.08 bits per heavy atom. The maximum atomic E-state index is 12.5. The second-order valence-electron chi connectivity index (χ2n) is 5.70. The average molecular weight is 351 g/mol. The number of aromatic nitrogens is 2. The van der Waals surface area contributed by atoms with Gasteiger partial charge in [0, 0.05) is 30.6 Å². The number of rotatable bonds is 7. The van der Waals surface area contributed by atoms with Gasteiger partial charge in [0.25, 0.3) is 0 Å². The first-order chi connectivity index (χ1) is 12.7. The predicted octanol–water partition coefficient (Wildman–Crippen LogP) is 3.73. The van der Waals surface area contributed by atoms with Crippen molar-refractivity contribution < 1.29 is 13.9 Å². The zero-order valence-electron chi connectivity index (χ0n) is 14.9. The van der Waals surface area contributed by atoms with E-state index in [1.807, 2.05) is 61.5 Å². The van der Waals surface area contributed by atoms with Crippen LogP contribution >= 0.6 is 0 Å². The van der Waals surface area contributed by atoms with Gasteiger partial charge in [-0.3, -0.25) is 4.79 Å². The molecule has 0 saturated carbocycles. The van der Waals surface area contributed by atoms with Gasteiger partial charge < -0.3 is 14.1 Å². The summed E-state index contributed by atoms with van der Waals surface area (Å²) in [6, 6.07) is 17.0. The molecule has 0 fully saturated rings. The molecule has 1 amide bonds. The summed E-state index contributed by atoms with van der Waals surface area (Å²) < 4.78 is 10.8. The Morgan fingerprint density at radius 3 is 2.46 bits per heavy atom. The van der Waals surface area contributed by atoms with Gasteiger partial charge in [-0.15, -0.1) is 10.2 Å². The topological polar surface area (TPSA) is 68.5 Å². The maximum absolute atomic E-state index is 12.5. The molecule has 6 heteroatoms. The lowest BCUT2D eigenvalue weighted by molar-refractivity contribution is -0.118. The van der Waals surface area contributed by atoms with Crippen molar-refractivity contribution in [1.29, 1.82) is 0 Å². The number of nitrogens with zero attached hydrogens (tertiary/aromatic N) is 3. The van der Waals surface area contributed by atoms with Crippen LogP contribution in [0.15, 0.2) is 59.0 Å². The van der Waals surface area contributed by atoms with Crippen LogP contribution in [0.1, 0.15) is 19.2 Å². The Bertz CT molecular complexity index is 844. The third-order valence-corrected chi connectivity index (χ3v) is 4.04. The predicted molar refractivity (Wildman–Crippen MR) is 99.1 cm³/mol. The van der Waals surface area contributed by atoms with Crippen molar-refractivity contribution in [3.05, 3.63) is 60.5 Å². The normalized spacial score (nSPS) is 10.5. The van der Waals surface area contributed by atoms with Gasteiger partial charge in [0.1, 0.15) is 5.75 Å². The fraction of sp³-hybridized carbons (Fsp3) is 0.250. The van der Waals surface area contributed by atoms with Crippen molar-refractivity contribution in [2.24, 2.45) is 0 Å². The zero-order valence-corrected chi connectivity index (χ0v) is 14.9. The number of ether oxygens (including phenoxy) is 1. The number of carbonyl (C=O) groups excluding carboxylic acids is 1. The molecule has 0 atom stereocenters. The molecule has 6 nitrogen and oxygen atoms in total. The second-order valence-corrected chi connectivity index (χ2v) is 5.70. The Hall–Kier alpha value is -3.15. The van der Waals surface area contributed by atoms with E-state index in [1.165, 1.54) is 0 Å². The van der Waals surface area contributed by atoms with Crippen molar-refractivity contribution in [3.63, 3.8) is 0 Å². The van der Waals surface area contributed by atoms with Gasteiger partial charge in [0.2, 0.25) is 17.7 Å². The highest BCUT2D eigenvalue weighted by molar-refractivity contribution is 5.93. The fourth-order valence-corrected chi connectivity index (χ4v) is 2.66. The Balaban J connectivity index is 1.63. The van der Waals surface area contributed by atoms with Gasteiger partial charge in [0.15, 0.2) is 0 Å². The summed E-state index contributed by atoms with van der Waals surface area (Å²) in [6.07, 6.45) is 0.721. The average Bonchev–Trinajstić information content (AvgIpc) is 3.17. The third-order valence-electron chi connectivity index (χ3n) is 4.04. The molecule has 0 unspecified atom stereocenters. The number of methoxy groups -OCH3 is 1. The molecule has 1 aromatic heterocycles. The summed E-state index contributed by atoms with van der Waals surface area (Å²) in [5.74, 6) is 1.68. The lowest BCUT2D eigenvalue weighted by Gasteiger charge is -2.20. The van der Waals surface area contributed by atoms with Crippen LogP contribution in [-0.2, 0) is 11.2 Å². The monoisotopic (exact) mass is 351 g/mol. The van der Waals surface area contributed by atoms with E-state index in [4.69, 9.17) is 9.15 Å². The number of amides is 1. The van der Waals surface area contributed by atoms with Crippen LogP contribution in [0.25, 0.3) is 11.5 Å². The highest BCUT2D eigenvalue weighted by atomic mass is 16.5. The van der Waals surface area contributed by atoms with Crippen LogP contribution in [0.2, 0.25) is 0 Å². The molecule has 0 spiro atoms. The molecule has 2 aromatic carbocycles. The molecule has 0 N–H and O–H groups in total. The number of hydrogen-bond acceptors (Lipinski definition) is 5. The summed E-state index contributed by atoms with van der Waals surface area (Å²) >= 11 is 0. The van der Waals surface area contributed by atoms with Crippen LogP contribution < -0.4 is 9.64 Å². The minimum atomic E-state index is 0.0305. The molecule has 1 heterocycles. The first kappa shape index (κ1) is 17.7. The number of benzene rings is 2. The van der Waals surface area contributed by atoms with Crippen molar-refractivity contribution in [2.45, 2.75) is 19.8 Å². The fourth-order valence-electron chi connectivity index (χ4n) is 2.66. The number of anilines is 1. The van der Waals surface area contributed by atoms with E-state index < -0.39 is 0 Å². The van der Waals surface area contributed by atoms with Gasteiger partial charge in [-0.25, -0.2) is 0 Å². The molecule has 0 aliphatic rings.